The standard InChI is InChI=1S/C23H18ClFN2O4S/c24-17-6-10-19(11-7-17)27-22(28)14-21(23(27)29)26(15-16-4-2-1-3-5-16)32(30,31)20-12-8-18(25)9-13-20/h1-13,21H,14-15H2. The third-order valence-corrected chi connectivity index (χ3v) is 7.28. The van der Waals surface area contributed by atoms with Crippen LogP contribution in [0.15, 0.2) is 83.8 Å². The van der Waals surface area contributed by atoms with E-state index in [4.69, 9.17) is 11.6 Å². The predicted molar refractivity (Wildman–Crippen MR) is 118 cm³/mol. The number of imide groups is 1. The van der Waals surface area contributed by atoms with Gasteiger partial charge < -0.3 is 0 Å². The van der Waals surface area contributed by atoms with Gasteiger partial charge in [0.2, 0.25) is 15.9 Å². The van der Waals surface area contributed by atoms with E-state index in [-0.39, 0.29) is 17.9 Å². The van der Waals surface area contributed by atoms with Gasteiger partial charge in [0.1, 0.15) is 11.9 Å². The van der Waals surface area contributed by atoms with Crippen molar-refractivity contribution in [2.24, 2.45) is 0 Å². The van der Waals surface area contributed by atoms with Crippen LogP contribution in [0.3, 0.4) is 0 Å². The maximum absolute atomic E-state index is 13.5. The van der Waals surface area contributed by atoms with Crippen LogP contribution in [0.1, 0.15) is 12.0 Å². The number of rotatable bonds is 6. The van der Waals surface area contributed by atoms with Gasteiger partial charge in [0.05, 0.1) is 17.0 Å². The fraction of sp³-hybridized carbons (Fsp3) is 0.130. The number of amides is 2. The second kappa shape index (κ2) is 8.82. The first-order chi connectivity index (χ1) is 15.3. The lowest BCUT2D eigenvalue weighted by Crippen LogP contribution is -2.45. The van der Waals surface area contributed by atoms with E-state index in [0.717, 1.165) is 33.5 Å². The van der Waals surface area contributed by atoms with Crippen molar-refractivity contribution in [1.82, 2.24) is 4.31 Å². The zero-order valence-electron chi connectivity index (χ0n) is 16.7. The van der Waals surface area contributed by atoms with Gasteiger partial charge in [-0.25, -0.2) is 17.7 Å². The Labute approximate surface area is 189 Å². The first-order valence-electron chi connectivity index (χ1n) is 9.71. The van der Waals surface area contributed by atoms with Gasteiger partial charge in [0.25, 0.3) is 5.91 Å². The van der Waals surface area contributed by atoms with Crippen LogP contribution in [0.5, 0.6) is 0 Å². The van der Waals surface area contributed by atoms with E-state index in [2.05, 4.69) is 0 Å². The molecule has 3 aromatic carbocycles. The van der Waals surface area contributed by atoms with Gasteiger partial charge in [0.15, 0.2) is 0 Å². The minimum Gasteiger partial charge on any atom is -0.274 e. The van der Waals surface area contributed by atoms with Crippen molar-refractivity contribution < 1.29 is 22.4 Å². The summed E-state index contributed by atoms with van der Waals surface area (Å²) in [5.74, 6) is -1.76. The third kappa shape index (κ3) is 4.29. The average molecular weight is 473 g/mol. The highest BCUT2D eigenvalue weighted by atomic mass is 35.5. The van der Waals surface area contributed by atoms with Crippen molar-refractivity contribution >= 4 is 39.1 Å². The van der Waals surface area contributed by atoms with E-state index in [0.29, 0.717) is 16.3 Å². The summed E-state index contributed by atoms with van der Waals surface area (Å²) in [6.07, 6.45) is -0.311. The molecule has 1 aliphatic rings. The van der Waals surface area contributed by atoms with Crippen molar-refractivity contribution in [1.29, 1.82) is 0 Å². The molecule has 0 spiro atoms. The van der Waals surface area contributed by atoms with Gasteiger partial charge in [-0.15, -0.1) is 0 Å². The molecule has 164 valence electrons. The number of hydrogen-bond donors (Lipinski definition) is 0. The van der Waals surface area contributed by atoms with E-state index >= 15 is 0 Å². The monoisotopic (exact) mass is 472 g/mol. The van der Waals surface area contributed by atoms with Gasteiger partial charge in [-0.3, -0.25) is 9.59 Å². The van der Waals surface area contributed by atoms with Gasteiger partial charge in [-0.05, 0) is 54.1 Å². The second-order valence-electron chi connectivity index (χ2n) is 7.25. The third-order valence-electron chi connectivity index (χ3n) is 5.16. The number of benzene rings is 3. The van der Waals surface area contributed by atoms with E-state index in [1.807, 2.05) is 0 Å². The van der Waals surface area contributed by atoms with E-state index in [9.17, 15) is 22.4 Å². The maximum atomic E-state index is 13.5. The van der Waals surface area contributed by atoms with Gasteiger partial charge in [-0.2, -0.15) is 4.31 Å². The van der Waals surface area contributed by atoms with Crippen LogP contribution in [-0.4, -0.2) is 30.6 Å². The van der Waals surface area contributed by atoms with Crippen molar-refractivity contribution in [3.8, 4) is 0 Å². The molecule has 9 heteroatoms. The van der Waals surface area contributed by atoms with Crippen LogP contribution < -0.4 is 4.90 Å². The number of sulfonamides is 1. The quantitative estimate of drug-likeness (QED) is 0.508. The summed E-state index contributed by atoms with van der Waals surface area (Å²) in [6, 6.07) is 18.0. The maximum Gasteiger partial charge on any atom is 0.252 e. The lowest BCUT2D eigenvalue weighted by Gasteiger charge is -2.27. The molecule has 1 heterocycles. The summed E-state index contributed by atoms with van der Waals surface area (Å²) >= 11 is 5.90. The molecule has 1 atom stereocenters. The summed E-state index contributed by atoms with van der Waals surface area (Å²) in [5.41, 5.74) is 0.953. The Morgan fingerprint density at radius 2 is 1.56 bits per heavy atom. The Hall–Kier alpha value is -3.07. The number of anilines is 1. The molecule has 0 bridgehead atoms. The molecule has 1 unspecified atom stereocenters. The number of carbonyl (C=O) groups is 2. The van der Waals surface area contributed by atoms with Gasteiger partial charge in [0, 0.05) is 11.6 Å². The lowest BCUT2D eigenvalue weighted by molar-refractivity contribution is -0.122. The normalized spacial score (nSPS) is 16.7. The van der Waals surface area contributed by atoms with Crippen molar-refractivity contribution in [2.75, 3.05) is 4.90 Å². The van der Waals surface area contributed by atoms with Crippen LogP contribution in [-0.2, 0) is 26.2 Å². The Balaban J connectivity index is 1.74. The molecule has 0 N–H and O–H groups in total. The van der Waals surface area contributed by atoms with Crippen molar-refractivity contribution in [2.45, 2.75) is 23.9 Å². The minimum atomic E-state index is -4.22. The molecular weight excluding hydrogens is 455 g/mol. The molecule has 6 nitrogen and oxygen atoms in total. The van der Waals surface area contributed by atoms with E-state index in [1.54, 1.807) is 42.5 Å². The number of nitrogens with zero attached hydrogens (tertiary/aromatic N) is 2. The van der Waals surface area contributed by atoms with Crippen LogP contribution in [0.2, 0.25) is 5.02 Å². The SMILES string of the molecule is O=C1CC(N(Cc2ccccc2)S(=O)(=O)c2ccc(F)cc2)C(=O)N1c1ccc(Cl)cc1. The topological polar surface area (TPSA) is 74.8 Å². The molecule has 3 aromatic rings. The molecular formula is C23H18ClFN2O4S. The largest absolute Gasteiger partial charge is 0.274 e. The zero-order chi connectivity index (χ0) is 22.9. The Kier molecular flexibility index (Phi) is 6.10. The molecule has 2 amide bonds. The molecule has 0 aliphatic carbocycles. The highest BCUT2D eigenvalue weighted by Crippen LogP contribution is 2.31. The second-order valence-corrected chi connectivity index (χ2v) is 9.58. The van der Waals surface area contributed by atoms with Crippen molar-refractivity contribution in [3.63, 3.8) is 0 Å². The first-order valence-corrected chi connectivity index (χ1v) is 11.5. The van der Waals surface area contributed by atoms with Crippen LogP contribution in [0, 0.1) is 5.82 Å². The Morgan fingerprint density at radius 1 is 0.938 bits per heavy atom. The Morgan fingerprint density at radius 3 is 2.19 bits per heavy atom. The lowest BCUT2D eigenvalue weighted by atomic mass is 10.2. The highest BCUT2D eigenvalue weighted by Gasteiger charge is 2.47. The minimum absolute atomic E-state index is 0.126. The molecule has 1 fully saturated rings. The fourth-order valence-corrected chi connectivity index (χ4v) is 5.27. The molecule has 0 aromatic heterocycles. The summed E-state index contributed by atoms with van der Waals surface area (Å²) in [6.45, 7) is -0.126. The summed E-state index contributed by atoms with van der Waals surface area (Å²) in [7, 11) is -4.22. The van der Waals surface area contributed by atoms with Crippen LogP contribution in [0.4, 0.5) is 10.1 Å². The molecule has 4 rings (SSSR count). The molecule has 1 saturated heterocycles. The van der Waals surface area contributed by atoms with Crippen LogP contribution in [0.25, 0.3) is 0 Å². The predicted octanol–water partition coefficient (Wildman–Crippen LogP) is 4.00. The summed E-state index contributed by atoms with van der Waals surface area (Å²) < 4.78 is 41.3. The van der Waals surface area contributed by atoms with E-state index in [1.165, 1.54) is 12.1 Å². The zero-order valence-corrected chi connectivity index (χ0v) is 18.3. The molecule has 1 aliphatic heterocycles. The van der Waals surface area contributed by atoms with Crippen LogP contribution >= 0.6 is 11.6 Å². The Bertz CT molecular complexity index is 1250. The number of carbonyl (C=O) groups excluding carboxylic acids is 2. The van der Waals surface area contributed by atoms with E-state index < -0.39 is 33.7 Å². The first kappa shape index (κ1) is 22.1. The number of hydrogen-bond acceptors (Lipinski definition) is 4. The van der Waals surface area contributed by atoms with Crippen molar-refractivity contribution in [3.05, 3.63) is 95.3 Å². The average Bonchev–Trinajstić information content (AvgIpc) is 3.07. The molecule has 0 saturated carbocycles. The highest BCUT2D eigenvalue weighted by molar-refractivity contribution is 7.89. The molecule has 32 heavy (non-hydrogen) atoms. The fourth-order valence-electron chi connectivity index (χ4n) is 3.57. The van der Waals surface area contributed by atoms with Gasteiger partial charge >= 0.3 is 0 Å². The molecule has 0 radical (unpaired) electrons. The summed E-state index contributed by atoms with van der Waals surface area (Å²) in [4.78, 5) is 26.8. The number of halogens is 2. The summed E-state index contributed by atoms with van der Waals surface area (Å²) in [5, 5.41) is 0.439. The van der Waals surface area contributed by atoms with Gasteiger partial charge in [-0.1, -0.05) is 41.9 Å². The smallest absolute Gasteiger partial charge is 0.252 e.